The van der Waals surface area contributed by atoms with Crippen molar-refractivity contribution in [3.05, 3.63) is 6.92 Å². The molecule has 0 heterocycles. The minimum absolute atomic E-state index is 0.397. The second kappa shape index (κ2) is 14.0. The first-order valence-corrected chi connectivity index (χ1v) is 9.54. The molecule has 0 saturated carbocycles. The Kier molecular flexibility index (Phi) is 14.0. The van der Waals surface area contributed by atoms with Gasteiger partial charge in [-0.2, -0.15) is 0 Å². The van der Waals surface area contributed by atoms with Crippen molar-refractivity contribution in [2.75, 3.05) is 0 Å². The minimum atomic E-state index is 0.397. The molecule has 0 rings (SSSR count). The molecule has 0 aromatic carbocycles. The normalized spacial score (nSPS) is 12.0. The Bertz CT molecular complexity index is 168. The average Bonchev–Trinajstić information content (AvgIpc) is 2.45. The molecule has 0 fully saturated rings. The van der Waals surface area contributed by atoms with Crippen molar-refractivity contribution < 1.29 is 0 Å². The lowest BCUT2D eigenvalue weighted by Crippen LogP contribution is -2.17. The lowest BCUT2D eigenvalue weighted by Gasteiger charge is -2.30. The molecule has 0 amide bonds. The van der Waals surface area contributed by atoms with Crippen LogP contribution in [0.1, 0.15) is 117 Å². The molecule has 20 heavy (non-hydrogen) atoms. The third kappa shape index (κ3) is 11.8. The van der Waals surface area contributed by atoms with Crippen LogP contribution in [0, 0.1) is 12.3 Å². The van der Waals surface area contributed by atoms with Crippen molar-refractivity contribution >= 4 is 0 Å². The molecule has 0 aromatic heterocycles. The van der Waals surface area contributed by atoms with Crippen molar-refractivity contribution in [1.29, 1.82) is 0 Å². The Balaban J connectivity index is 3.88. The molecule has 0 spiro atoms. The van der Waals surface area contributed by atoms with Gasteiger partial charge in [0.25, 0.3) is 0 Å². The summed E-state index contributed by atoms with van der Waals surface area (Å²) in [5, 5.41) is 0. The Morgan fingerprint density at radius 2 is 0.850 bits per heavy atom. The molecule has 0 atom stereocenters. The van der Waals surface area contributed by atoms with Crippen molar-refractivity contribution in [3.8, 4) is 0 Å². The first-order valence-electron chi connectivity index (χ1n) is 9.54. The van der Waals surface area contributed by atoms with Gasteiger partial charge in [-0.3, -0.25) is 0 Å². The number of hydrogen-bond acceptors (Lipinski definition) is 0. The highest BCUT2D eigenvalue weighted by Gasteiger charge is 2.22. The van der Waals surface area contributed by atoms with Crippen LogP contribution in [-0.2, 0) is 0 Å². The molecule has 0 heteroatoms. The van der Waals surface area contributed by atoms with Crippen LogP contribution in [0.25, 0.3) is 0 Å². The van der Waals surface area contributed by atoms with Gasteiger partial charge in [-0.25, -0.2) is 0 Å². The highest BCUT2D eigenvalue weighted by molar-refractivity contribution is 4.81. The largest absolute Gasteiger partial charge is 0.0654 e. The van der Waals surface area contributed by atoms with Crippen LogP contribution >= 0.6 is 0 Å². The molecule has 0 saturated heterocycles. The Morgan fingerprint density at radius 3 is 1.25 bits per heavy atom. The summed E-state index contributed by atoms with van der Waals surface area (Å²) >= 11 is 0. The van der Waals surface area contributed by atoms with Gasteiger partial charge in [-0.1, -0.05) is 97.8 Å². The molecule has 0 aliphatic heterocycles. The van der Waals surface area contributed by atoms with E-state index in [9.17, 15) is 0 Å². The van der Waals surface area contributed by atoms with Gasteiger partial charge in [0, 0.05) is 0 Å². The Labute approximate surface area is 130 Å². The predicted octanol–water partition coefficient (Wildman–Crippen LogP) is 7.72. The molecule has 0 N–H and O–H groups in total. The molecular weight excluding hydrogens is 240 g/mol. The summed E-state index contributed by atoms with van der Waals surface area (Å²) in [7, 11) is 0. The molecule has 0 unspecified atom stereocenters. The standard InChI is InChI=1S/C20H41/c1-5-8-11-13-15-18-20(4,17-10-7-3)19-16-14-12-9-6-2/h4-19H2,1-3H3. The fraction of sp³-hybridized carbons (Fsp3) is 0.950. The van der Waals surface area contributed by atoms with Crippen LogP contribution in [0.15, 0.2) is 0 Å². The maximum absolute atomic E-state index is 4.64. The molecule has 1 radical (unpaired) electrons. The van der Waals surface area contributed by atoms with Gasteiger partial charge >= 0.3 is 0 Å². The maximum Gasteiger partial charge on any atom is -0.0297 e. The van der Waals surface area contributed by atoms with Gasteiger partial charge in [0.05, 0.1) is 0 Å². The summed E-state index contributed by atoms with van der Waals surface area (Å²) in [6, 6.07) is 0. The summed E-state index contributed by atoms with van der Waals surface area (Å²) in [5.41, 5.74) is 0.397. The fourth-order valence-corrected chi connectivity index (χ4v) is 3.13. The van der Waals surface area contributed by atoms with E-state index < -0.39 is 0 Å². The van der Waals surface area contributed by atoms with Crippen molar-refractivity contribution in [1.82, 2.24) is 0 Å². The van der Waals surface area contributed by atoms with E-state index in [2.05, 4.69) is 27.7 Å². The molecular formula is C20H41. The van der Waals surface area contributed by atoms with Gasteiger partial charge in [-0.15, -0.1) is 0 Å². The second-order valence-electron chi connectivity index (χ2n) is 6.93. The zero-order valence-electron chi connectivity index (χ0n) is 14.8. The monoisotopic (exact) mass is 281 g/mol. The summed E-state index contributed by atoms with van der Waals surface area (Å²) in [6.45, 7) is 11.5. The quantitative estimate of drug-likeness (QED) is 0.269. The van der Waals surface area contributed by atoms with E-state index in [0.29, 0.717) is 5.41 Å². The van der Waals surface area contributed by atoms with Gasteiger partial charge in [0.1, 0.15) is 0 Å². The van der Waals surface area contributed by atoms with Gasteiger partial charge < -0.3 is 0 Å². The summed E-state index contributed by atoms with van der Waals surface area (Å²) < 4.78 is 0. The van der Waals surface area contributed by atoms with E-state index in [1.807, 2.05) is 0 Å². The molecule has 0 aromatic rings. The Morgan fingerprint density at radius 1 is 0.500 bits per heavy atom. The van der Waals surface area contributed by atoms with E-state index in [1.165, 1.54) is 96.3 Å². The third-order valence-corrected chi connectivity index (χ3v) is 4.68. The van der Waals surface area contributed by atoms with E-state index in [-0.39, 0.29) is 0 Å². The highest BCUT2D eigenvalue weighted by Crippen LogP contribution is 2.36. The number of rotatable bonds is 15. The molecule has 121 valence electrons. The Hall–Kier alpha value is 0. The number of unbranched alkanes of at least 4 members (excludes halogenated alkanes) is 9. The summed E-state index contributed by atoms with van der Waals surface area (Å²) in [5.74, 6) is 0. The summed E-state index contributed by atoms with van der Waals surface area (Å²) in [4.78, 5) is 0. The van der Waals surface area contributed by atoms with Crippen LogP contribution in [0.4, 0.5) is 0 Å². The van der Waals surface area contributed by atoms with E-state index in [1.54, 1.807) is 0 Å². The van der Waals surface area contributed by atoms with Crippen LogP contribution in [-0.4, -0.2) is 0 Å². The third-order valence-electron chi connectivity index (χ3n) is 4.68. The van der Waals surface area contributed by atoms with Crippen molar-refractivity contribution in [2.24, 2.45) is 5.41 Å². The highest BCUT2D eigenvalue weighted by atomic mass is 14.3. The molecule has 0 aliphatic rings. The van der Waals surface area contributed by atoms with Crippen LogP contribution in [0.5, 0.6) is 0 Å². The molecule has 0 nitrogen and oxygen atoms in total. The minimum Gasteiger partial charge on any atom is -0.0654 e. The van der Waals surface area contributed by atoms with Gasteiger partial charge in [0.15, 0.2) is 0 Å². The zero-order valence-corrected chi connectivity index (χ0v) is 14.8. The van der Waals surface area contributed by atoms with Gasteiger partial charge in [0.2, 0.25) is 0 Å². The SMILES string of the molecule is [CH2]C(CCCC)(CCCCCCC)CCCCCCC. The van der Waals surface area contributed by atoms with Crippen molar-refractivity contribution in [2.45, 2.75) is 117 Å². The van der Waals surface area contributed by atoms with Gasteiger partial charge in [-0.05, 0) is 31.6 Å². The van der Waals surface area contributed by atoms with Crippen LogP contribution in [0.2, 0.25) is 0 Å². The first-order chi connectivity index (χ1) is 9.68. The molecule has 0 aliphatic carbocycles. The lowest BCUT2D eigenvalue weighted by atomic mass is 9.76. The van der Waals surface area contributed by atoms with Crippen LogP contribution in [0.3, 0.4) is 0 Å². The van der Waals surface area contributed by atoms with Crippen LogP contribution < -0.4 is 0 Å². The second-order valence-corrected chi connectivity index (χ2v) is 6.93. The first kappa shape index (κ1) is 20.0. The van der Waals surface area contributed by atoms with E-state index in [4.69, 9.17) is 0 Å². The predicted molar refractivity (Wildman–Crippen MR) is 94.1 cm³/mol. The van der Waals surface area contributed by atoms with E-state index in [0.717, 1.165) is 0 Å². The summed E-state index contributed by atoms with van der Waals surface area (Å²) in [6.07, 6.45) is 20.8. The zero-order chi connectivity index (χ0) is 15.1. The average molecular weight is 282 g/mol. The smallest absolute Gasteiger partial charge is 0.0297 e. The molecule has 0 bridgehead atoms. The lowest BCUT2D eigenvalue weighted by molar-refractivity contribution is 0.263. The maximum atomic E-state index is 4.64. The topological polar surface area (TPSA) is 0 Å². The van der Waals surface area contributed by atoms with E-state index >= 15 is 0 Å². The fourth-order valence-electron chi connectivity index (χ4n) is 3.13. The number of hydrogen-bond donors (Lipinski definition) is 0. The van der Waals surface area contributed by atoms with Crippen molar-refractivity contribution in [3.63, 3.8) is 0 Å².